The number of halogens is 6. The van der Waals surface area contributed by atoms with Crippen molar-refractivity contribution >= 4 is 16.0 Å². The number of nitrogens with one attached hydrogen (secondary N) is 1. The summed E-state index contributed by atoms with van der Waals surface area (Å²) in [7, 11) is 0.0648. The zero-order chi connectivity index (χ0) is 29.5. The van der Waals surface area contributed by atoms with Crippen LogP contribution in [0.2, 0.25) is 0 Å². The molecule has 218 valence electrons. The van der Waals surface area contributed by atoms with E-state index in [9.17, 15) is 34.8 Å². The van der Waals surface area contributed by atoms with Crippen LogP contribution in [0.15, 0.2) is 36.9 Å². The summed E-state index contributed by atoms with van der Waals surface area (Å²) in [5, 5.41) is 2.93. The number of imidazole rings is 1. The molecule has 0 radical (unpaired) electrons. The molecule has 1 aromatic carbocycles. The minimum absolute atomic E-state index is 0.139. The van der Waals surface area contributed by atoms with Crippen LogP contribution in [0.3, 0.4) is 0 Å². The Morgan fingerprint density at radius 2 is 1.68 bits per heavy atom. The number of anilines is 1. The normalized spacial score (nSPS) is 16.1. The van der Waals surface area contributed by atoms with Gasteiger partial charge >= 0.3 is 12.4 Å². The number of rotatable bonds is 7. The predicted octanol–water partition coefficient (Wildman–Crippen LogP) is 4.26. The van der Waals surface area contributed by atoms with Gasteiger partial charge in [0.15, 0.2) is 0 Å². The van der Waals surface area contributed by atoms with Crippen molar-refractivity contribution in [2.24, 2.45) is 0 Å². The molecular formula is C24H27F6N7O2S. The van der Waals surface area contributed by atoms with E-state index >= 15 is 0 Å². The van der Waals surface area contributed by atoms with Gasteiger partial charge in [0.2, 0.25) is 16.0 Å². The summed E-state index contributed by atoms with van der Waals surface area (Å²) in [6.07, 6.45) is -5.07. The van der Waals surface area contributed by atoms with E-state index in [0.717, 1.165) is 29.4 Å². The Bertz CT molecular complexity index is 1460. The lowest BCUT2D eigenvalue weighted by Gasteiger charge is -2.30. The monoisotopic (exact) mass is 591 g/mol. The SMILES string of the molecule is CN(C)Cc1ccc(-n2cnc(-c3nc(NC4CCN(S(C)(=O)=O)CC4)ncc3C(F)(F)F)c2)c(C(F)(F)F)c1. The first kappa shape index (κ1) is 29.7. The second-order valence-corrected chi connectivity index (χ2v) is 11.8. The van der Waals surface area contributed by atoms with Gasteiger partial charge in [0.1, 0.15) is 17.0 Å². The highest BCUT2D eigenvalue weighted by molar-refractivity contribution is 7.88. The number of alkyl halides is 6. The number of aromatic nitrogens is 4. The standard InChI is InChI=1S/C24H27F6N7O2S/c1-35(2)12-15-4-5-20(17(10-15)23(25,26)27)36-13-19(32-14-36)21-18(24(28,29)30)11-31-22(34-21)33-16-6-8-37(9-7-16)40(3,38)39/h4-5,10-11,13-14,16H,6-9,12H2,1-3H3,(H,31,33,34). The lowest BCUT2D eigenvalue weighted by Crippen LogP contribution is -2.42. The fourth-order valence-corrected chi connectivity index (χ4v) is 5.32. The van der Waals surface area contributed by atoms with Gasteiger partial charge in [0.05, 0.1) is 23.8 Å². The van der Waals surface area contributed by atoms with Crippen LogP contribution in [0.4, 0.5) is 32.3 Å². The maximum Gasteiger partial charge on any atom is 0.420 e. The third-order valence-electron chi connectivity index (χ3n) is 6.32. The molecule has 0 amide bonds. The lowest BCUT2D eigenvalue weighted by atomic mass is 10.1. The molecule has 0 spiro atoms. The van der Waals surface area contributed by atoms with Crippen LogP contribution in [0, 0.1) is 0 Å². The first-order valence-electron chi connectivity index (χ1n) is 12.1. The van der Waals surface area contributed by atoms with Gasteiger partial charge in [-0.05, 0) is 44.6 Å². The molecule has 0 bridgehead atoms. The molecular weight excluding hydrogens is 564 g/mol. The van der Waals surface area contributed by atoms with Crippen LogP contribution >= 0.6 is 0 Å². The van der Waals surface area contributed by atoms with Crippen molar-refractivity contribution in [1.82, 2.24) is 28.7 Å². The van der Waals surface area contributed by atoms with Crippen LogP contribution in [-0.4, -0.2) is 76.6 Å². The summed E-state index contributed by atoms with van der Waals surface area (Å²) < 4.78 is 109. The summed E-state index contributed by atoms with van der Waals surface area (Å²) in [6.45, 7) is 0.712. The second-order valence-electron chi connectivity index (χ2n) is 9.79. The lowest BCUT2D eigenvalue weighted by molar-refractivity contribution is -0.138. The minimum Gasteiger partial charge on any atom is -0.351 e. The number of sulfonamides is 1. The zero-order valence-electron chi connectivity index (χ0n) is 21.8. The molecule has 9 nitrogen and oxygen atoms in total. The first-order chi connectivity index (χ1) is 18.5. The Balaban J connectivity index is 1.67. The molecule has 0 atom stereocenters. The molecule has 0 aliphatic carbocycles. The third-order valence-corrected chi connectivity index (χ3v) is 7.62. The Labute approximate surface area is 226 Å². The van der Waals surface area contributed by atoms with Crippen LogP contribution in [-0.2, 0) is 28.9 Å². The van der Waals surface area contributed by atoms with Gasteiger partial charge in [-0.3, -0.25) is 0 Å². The third kappa shape index (κ3) is 6.90. The number of hydrogen-bond acceptors (Lipinski definition) is 7. The molecule has 1 aliphatic rings. The fourth-order valence-electron chi connectivity index (χ4n) is 4.44. The smallest absolute Gasteiger partial charge is 0.351 e. The minimum atomic E-state index is -4.86. The van der Waals surface area contributed by atoms with E-state index in [1.165, 1.54) is 16.4 Å². The molecule has 40 heavy (non-hydrogen) atoms. The van der Waals surface area contributed by atoms with E-state index in [4.69, 9.17) is 0 Å². The molecule has 2 aromatic heterocycles. The van der Waals surface area contributed by atoms with E-state index in [0.29, 0.717) is 24.6 Å². The summed E-state index contributed by atoms with van der Waals surface area (Å²) in [4.78, 5) is 13.5. The highest BCUT2D eigenvalue weighted by Crippen LogP contribution is 2.38. The molecule has 3 aromatic rings. The Hall–Kier alpha value is -3.24. The van der Waals surface area contributed by atoms with Crippen molar-refractivity contribution in [3.8, 4) is 17.1 Å². The maximum absolute atomic E-state index is 13.9. The molecule has 0 saturated carbocycles. The quantitative estimate of drug-likeness (QED) is 0.410. The Morgan fingerprint density at radius 3 is 2.25 bits per heavy atom. The fraction of sp³-hybridized carbons (Fsp3) is 0.458. The molecule has 16 heteroatoms. The van der Waals surface area contributed by atoms with Crippen molar-refractivity contribution in [2.45, 2.75) is 37.8 Å². The van der Waals surface area contributed by atoms with Crippen molar-refractivity contribution in [2.75, 3.05) is 38.8 Å². The van der Waals surface area contributed by atoms with E-state index in [1.54, 1.807) is 19.0 Å². The average molecular weight is 592 g/mol. The molecule has 1 saturated heterocycles. The molecule has 1 N–H and O–H groups in total. The number of piperidine rings is 1. The summed E-state index contributed by atoms with van der Waals surface area (Å²) in [5.41, 5.74) is -2.95. The second kappa shape index (κ2) is 11.0. The van der Waals surface area contributed by atoms with Gasteiger partial charge in [-0.15, -0.1) is 0 Å². The molecule has 0 unspecified atom stereocenters. The van der Waals surface area contributed by atoms with Crippen LogP contribution in [0.25, 0.3) is 17.1 Å². The molecule has 3 heterocycles. The summed E-state index contributed by atoms with van der Waals surface area (Å²) in [5.74, 6) is -0.139. The average Bonchev–Trinajstić information content (AvgIpc) is 3.32. The van der Waals surface area contributed by atoms with Gasteiger partial charge < -0.3 is 14.8 Å². The van der Waals surface area contributed by atoms with Crippen LogP contribution in [0.1, 0.15) is 29.5 Å². The molecule has 4 rings (SSSR count). The maximum atomic E-state index is 13.9. The highest BCUT2D eigenvalue weighted by atomic mass is 32.2. The summed E-state index contributed by atoms with van der Waals surface area (Å²) in [6, 6.07) is 3.45. The van der Waals surface area contributed by atoms with Gasteiger partial charge in [0.25, 0.3) is 0 Å². The van der Waals surface area contributed by atoms with Crippen LogP contribution in [0.5, 0.6) is 0 Å². The van der Waals surface area contributed by atoms with E-state index in [-0.39, 0.29) is 43.0 Å². The predicted molar refractivity (Wildman–Crippen MR) is 135 cm³/mol. The van der Waals surface area contributed by atoms with E-state index < -0.39 is 39.2 Å². The van der Waals surface area contributed by atoms with Crippen molar-refractivity contribution in [3.05, 3.63) is 53.6 Å². The number of nitrogens with zero attached hydrogens (tertiary/aromatic N) is 6. The molecule has 1 fully saturated rings. The van der Waals surface area contributed by atoms with Crippen molar-refractivity contribution in [3.63, 3.8) is 0 Å². The Morgan fingerprint density at radius 1 is 1.02 bits per heavy atom. The molecule has 1 aliphatic heterocycles. The van der Waals surface area contributed by atoms with Gasteiger partial charge in [-0.2, -0.15) is 26.3 Å². The highest BCUT2D eigenvalue weighted by Gasteiger charge is 2.37. The number of benzene rings is 1. The van der Waals surface area contributed by atoms with E-state index in [1.807, 2.05) is 0 Å². The van der Waals surface area contributed by atoms with Crippen LogP contribution < -0.4 is 5.32 Å². The van der Waals surface area contributed by atoms with Crippen molar-refractivity contribution < 1.29 is 34.8 Å². The first-order valence-corrected chi connectivity index (χ1v) is 13.9. The van der Waals surface area contributed by atoms with Gasteiger partial charge in [-0.1, -0.05) is 6.07 Å². The zero-order valence-corrected chi connectivity index (χ0v) is 22.6. The van der Waals surface area contributed by atoms with Gasteiger partial charge in [0, 0.05) is 38.1 Å². The topological polar surface area (TPSA) is 96.3 Å². The Kier molecular flexibility index (Phi) is 8.15. The largest absolute Gasteiger partial charge is 0.420 e. The van der Waals surface area contributed by atoms with Crippen molar-refractivity contribution in [1.29, 1.82) is 0 Å². The number of hydrogen-bond donors (Lipinski definition) is 1. The van der Waals surface area contributed by atoms with Gasteiger partial charge in [-0.25, -0.2) is 27.7 Å². The van der Waals surface area contributed by atoms with E-state index in [2.05, 4.69) is 20.3 Å². The summed E-state index contributed by atoms with van der Waals surface area (Å²) >= 11 is 0.